The van der Waals surface area contributed by atoms with Gasteiger partial charge in [0.05, 0.1) is 0 Å². The Bertz CT molecular complexity index is 206. The number of hydrogen-bond acceptors (Lipinski definition) is 4. The van der Waals surface area contributed by atoms with E-state index in [2.05, 4.69) is 5.32 Å². The summed E-state index contributed by atoms with van der Waals surface area (Å²) >= 11 is 0. The molecule has 0 heterocycles. The van der Waals surface area contributed by atoms with Crippen molar-refractivity contribution >= 4 is 11.9 Å². The fraction of sp³-hybridized carbons (Fsp3) is 0.750. The van der Waals surface area contributed by atoms with Crippen molar-refractivity contribution < 1.29 is 24.5 Å². The van der Waals surface area contributed by atoms with E-state index < -0.39 is 18.2 Å². The van der Waals surface area contributed by atoms with Crippen molar-refractivity contribution in [2.24, 2.45) is 0 Å². The number of aliphatic hydroxyl groups is 1. The van der Waals surface area contributed by atoms with Crippen molar-refractivity contribution in [3.05, 3.63) is 0 Å². The molecular formula is C8H15NO5. The number of carbonyl (C=O) groups excluding carboxylic acids is 1. The maximum atomic E-state index is 11.1. The van der Waals surface area contributed by atoms with Crippen LogP contribution in [0.1, 0.15) is 13.3 Å². The number of methoxy groups -OCH3 is 1. The molecule has 0 aromatic carbocycles. The molecule has 2 atom stereocenters. The molecule has 0 rings (SSSR count). The van der Waals surface area contributed by atoms with Gasteiger partial charge in [-0.2, -0.15) is 0 Å². The van der Waals surface area contributed by atoms with Crippen molar-refractivity contribution in [3.63, 3.8) is 0 Å². The third kappa shape index (κ3) is 4.78. The Kier molecular flexibility index (Phi) is 5.82. The highest BCUT2D eigenvalue weighted by atomic mass is 16.5. The van der Waals surface area contributed by atoms with Crippen molar-refractivity contribution in [1.29, 1.82) is 0 Å². The van der Waals surface area contributed by atoms with Gasteiger partial charge in [-0.3, -0.25) is 4.79 Å². The highest BCUT2D eigenvalue weighted by Crippen LogP contribution is 1.91. The van der Waals surface area contributed by atoms with Crippen LogP contribution >= 0.6 is 0 Å². The highest BCUT2D eigenvalue weighted by molar-refractivity contribution is 5.80. The van der Waals surface area contributed by atoms with E-state index in [9.17, 15) is 9.59 Å². The van der Waals surface area contributed by atoms with Gasteiger partial charge in [0.1, 0.15) is 6.10 Å². The summed E-state index contributed by atoms with van der Waals surface area (Å²) in [6.45, 7) is 1.68. The van der Waals surface area contributed by atoms with Gasteiger partial charge >= 0.3 is 5.97 Å². The minimum Gasteiger partial charge on any atom is -0.479 e. The van der Waals surface area contributed by atoms with Gasteiger partial charge in [-0.25, -0.2) is 4.79 Å². The second kappa shape index (κ2) is 6.33. The summed E-state index contributed by atoms with van der Waals surface area (Å²) in [5.74, 6) is -1.62. The number of aliphatic hydroxyl groups excluding tert-OH is 1. The number of amides is 1. The van der Waals surface area contributed by atoms with Crippen LogP contribution in [0.3, 0.4) is 0 Å². The van der Waals surface area contributed by atoms with E-state index in [1.807, 2.05) is 0 Å². The molecule has 0 saturated carbocycles. The molecule has 0 aromatic heterocycles. The molecule has 0 fully saturated rings. The molecule has 82 valence electrons. The highest BCUT2D eigenvalue weighted by Gasteiger charge is 2.14. The summed E-state index contributed by atoms with van der Waals surface area (Å²) in [4.78, 5) is 21.2. The minimum atomic E-state index is -1.44. The van der Waals surface area contributed by atoms with Crippen LogP contribution in [0.15, 0.2) is 0 Å². The van der Waals surface area contributed by atoms with E-state index in [0.717, 1.165) is 0 Å². The zero-order valence-corrected chi connectivity index (χ0v) is 8.19. The first-order valence-electron chi connectivity index (χ1n) is 4.20. The van der Waals surface area contributed by atoms with E-state index in [1.54, 1.807) is 6.92 Å². The zero-order valence-electron chi connectivity index (χ0n) is 8.19. The van der Waals surface area contributed by atoms with E-state index in [0.29, 0.717) is 0 Å². The van der Waals surface area contributed by atoms with Crippen molar-refractivity contribution in [2.75, 3.05) is 13.7 Å². The van der Waals surface area contributed by atoms with Gasteiger partial charge in [0.25, 0.3) is 0 Å². The van der Waals surface area contributed by atoms with Crippen LogP contribution < -0.4 is 5.32 Å². The van der Waals surface area contributed by atoms with Crippen LogP contribution in [-0.2, 0) is 14.3 Å². The van der Waals surface area contributed by atoms with E-state index in [-0.39, 0.29) is 18.9 Å². The van der Waals surface area contributed by atoms with Gasteiger partial charge < -0.3 is 20.3 Å². The lowest BCUT2D eigenvalue weighted by atomic mass is 10.2. The Hall–Kier alpha value is -1.14. The van der Waals surface area contributed by atoms with Gasteiger partial charge in [0, 0.05) is 20.1 Å². The molecular weight excluding hydrogens is 190 g/mol. The van der Waals surface area contributed by atoms with Crippen molar-refractivity contribution in [1.82, 2.24) is 5.32 Å². The van der Waals surface area contributed by atoms with E-state index in [1.165, 1.54) is 7.11 Å². The molecule has 0 bridgehead atoms. The van der Waals surface area contributed by atoms with Gasteiger partial charge in [0.15, 0.2) is 6.10 Å². The predicted molar refractivity (Wildman–Crippen MR) is 47.7 cm³/mol. The quantitative estimate of drug-likeness (QED) is 0.515. The lowest BCUT2D eigenvalue weighted by Crippen LogP contribution is -2.36. The molecule has 3 N–H and O–H groups in total. The number of carboxylic acid groups (broad SMARTS) is 1. The Morgan fingerprint density at radius 2 is 2.07 bits per heavy atom. The van der Waals surface area contributed by atoms with Crippen LogP contribution in [-0.4, -0.2) is 48.0 Å². The number of nitrogens with one attached hydrogen (secondary N) is 1. The van der Waals surface area contributed by atoms with Gasteiger partial charge in [0.2, 0.25) is 5.91 Å². The first-order chi connectivity index (χ1) is 6.49. The molecule has 0 radical (unpaired) electrons. The Morgan fingerprint density at radius 1 is 1.50 bits per heavy atom. The van der Waals surface area contributed by atoms with Crippen molar-refractivity contribution in [2.45, 2.75) is 25.6 Å². The van der Waals surface area contributed by atoms with Crippen LogP contribution in [0.25, 0.3) is 0 Å². The number of hydrogen-bond donors (Lipinski definition) is 3. The third-order valence-corrected chi connectivity index (χ3v) is 1.72. The number of rotatable bonds is 6. The second-order valence-electron chi connectivity index (χ2n) is 2.81. The normalized spacial score (nSPS) is 14.5. The summed E-state index contributed by atoms with van der Waals surface area (Å²) in [5, 5.41) is 19.6. The summed E-state index contributed by atoms with van der Waals surface area (Å²) in [7, 11) is 1.40. The fourth-order valence-corrected chi connectivity index (χ4v) is 0.706. The first-order valence-corrected chi connectivity index (χ1v) is 4.20. The predicted octanol–water partition coefficient (Wildman–Crippen LogP) is -1.03. The third-order valence-electron chi connectivity index (χ3n) is 1.72. The standard InChI is InChI=1S/C8H15NO5/c1-5(14-2)7(11)9-4-3-6(10)8(12)13/h5-6,10H,3-4H2,1-2H3,(H,9,11)(H,12,13). The second-order valence-corrected chi connectivity index (χ2v) is 2.81. The topological polar surface area (TPSA) is 95.9 Å². The smallest absolute Gasteiger partial charge is 0.332 e. The van der Waals surface area contributed by atoms with Crippen molar-refractivity contribution in [3.8, 4) is 0 Å². The lowest BCUT2D eigenvalue weighted by Gasteiger charge is -2.11. The SMILES string of the molecule is COC(C)C(=O)NCCC(O)C(=O)O. The molecule has 6 nitrogen and oxygen atoms in total. The van der Waals surface area contributed by atoms with E-state index in [4.69, 9.17) is 14.9 Å². The number of carbonyl (C=O) groups is 2. The molecule has 0 aliphatic carbocycles. The maximum absolute atomic E-state index is 11.1. The largest absolute Gasteiger partial charge is 0.479 e. The molecule has 1 amide bonds. The first kappa shape index (κ1) is 12.9. The van der Waals surface area contributed by atoms with E-state index >= 15 is 0 Å². The summed E-state index contributed by atoms with van der Waals surface area (Å²) in [6, 6.07) is 0. The van der Waals surface area contributed by atoms with Crippen LogP contribution in [0.5, 0.6) is 0 Å². The minimum absolute atomic E-state index is 0.0164. The summed E-state index contributed by atoms with van der Waals surface area (Å²) in [6.07, 6.45) is -2.03. The van der Waals surface area contributed by atoms with Crippen LogP contribution in [0.2, 0.25) is 0 Å². The Labute approximate surface area is 81.9 Å². The van der Waals surface area contributed by atoms with Gasteiger partial charge in [-0.15, -0.1) is 0 Å². The average molecular weight is 205 g/mol. The fourth-order valence-electron chi connectivity index (χ4n) is 0.706. The number of carboxylic acids is 1. The average Bonchev–Trinajstić information content (AvgIpc) is 2.15. The molecule has 14 heavy (non-hydrogen) atoms. The maximum Gasteiger partial charge on any atom is 0.332 e. The molecule has 0 saturated heterocycles. The molecule has 2 unspecified atom stereocenters. The van der Waals surface area contributed by atoms with Crippen LogP contribution in [0, 0.1) is 0 Å². The summed E-state index contributed by atoms with van der Waals surface area (Å²) in [5.41, 5.74) is 0. The molecule has 0 aliphatic rings. The number of ether oxygens (including phenoxy) is 1. The van der Waals surface area contributed by atoms with Gasteiger partial charge in [-0.1, -0.05) is 0 Å². The molecule has 6 heteroatoms. The molecule has 0 aromatic rings. The van der Waals surface area contributed by atoms with Crippen LogP contribution in [0.4, 0.5) is 0 Å². The Balaban J connectivity index is 3.64. The molecule has 0 aliphatic heterocycles. The monoisotopic (exact) mass is 205 g/mol. The zero-order chi connectivity index (χ0) is 11.1. The summed E-state index contributed by atoms with van der Waals surface area (Å²) < 4.78 is 4.73. The lowest BCUT2D eigenvalue weighted by molar-refractivity contribution is -0.147. The molecule has 0 spiro atoms. The Morgan fingerprint density at radius 3 is 2.50 bits per heavy atom. The number of aliphatic carboxylic acids is 1. The van der Waals surface area contributed by atoms with Gasteiger partial charge in [-0.05, 0) is 6.92 Å².